The van der Waals surface area contributed by atoms with E-state index in [0.29, 0.717) is 28.2 Å². The number of ether oxygens (including phenoxy) is 1. The number of rotatable bonds is 3. The van der Waals surface area contributed by atoms with E-state index >= 15 is 0 Å². The highest BCUT2D eigenvalue weighted by Crippen LogP contribution is 2.26. The van der Waals surface area contributed by atoms with Crippen molar-refractivity contribution in [2.45, 2.75) is 6.92 Å². The Morgan fingerprint density at radius 1 is 1.09 bits per heavy atom. The minimum Gasteiger partial charge on any atom is -0.465 e. The van der Waals surface area contributed by atoms with Gasteiger partial charge < -0.3 is 14.5 Å². The van der Waals surface area contributed by atoms with Gasteiger partial charge in [-0.25, -0.2) is 4.79 Å². The van der Waals surface area contributed by atoms with Gasteiger partial charge in [0.05, 0.1) is 18.2 Å². The minimum atomic E-state index is -0.453. The zero-order valence-corrected chi connectivity index (χ0v) is 12.8. The molecule has 2 aromatic carbocycles. The van der Waals surface area contributed by atoms with E-state index in [9.17, 15) is 9.59 Å². The summed E-state index contributed by atoms with van der Waals surface area (Å²) in [5.74, 6) is -0.187. The smallest absolute Gasteiger partial charge is 0.337 e. The molecule has 0 saturated carbocycles. The van der Waals surface area contributed by atoms with Crippen LogP contribution >= 0.6 is 0 Å². The Balaban J connectivity index is 1.92. The molecule has 116 valence electrons. The average Bonchev–Trinajstić information content (AvgIpc) is 2.90. The second kappa shape index (κ2) is 5.96. The van der Waals surface area contributed by atoms with Crippen molar-refractivity contribution in [3.63, 3.8) is 0 Å². The van der Waals surface area contributed by atoms with Crippen molar-refractivity contribution < 1.29 is 18.7 Å². The van der Waals surface area contributed by atoms with E-state index in [4.69, 9.17) is 4.42 Å². The lowest BCUT2D eigenvalue weighted by atomic mass is 10.1. The molecule has 0 bridgehead atoms. The number of amides is 1. The molecular weight excluding hydrogens is 294 g/mol. The van der Waals surface area contributed by atoms with Crippen LogP contribution in [0.2, 0.25) is 0 Å². The van der Waals surface area contributed by atoms with Gasteiger partial charge in [-0.3, -0.25) is 4.79 Å². The van der Waals surface area contributed by atoms with E-state index in [-0.39, 0.29) is 5.91 Å². The minimum absolute atomic E-state index is 0.283. The number of para-hydroxylation sites is 1. The highest BCUT2D eigenvalue weighted by Gasteiger charge is 2.18. The highest BCUT2D eigenvalue weighted by molar-refractivity contribution is 6.13. The predicted molar refractivity (Wildman–Crippen MR) is 86.7 cm³/mol. The number of aryl methyl sites for hydroxylation is 1. The molecule has 1 amide bonds. The Bertz CT molecular complexity index is 895. The van der Waals surface area contributed by atoms with Crippen molar-refractivity contribution in [2.75, 3.05) is 12.4 Å². The Labute approximate surface area is 132 Å². The van der Waals surface area contributed by atoms with Crippen LogP contribution in [0.1, 0.15) is 26.5 Å². The summed E-state index contributed by atoms with van der Waals surface area (Å²) in [4.78, 5) is 24.1. The molecule has 0 aliphatic rings. The first-order valence-electron chi connectivity index (χ1n) is 7.08. The van der Waals surface area contributed by atoms with Crippen LogP contribution in [0.25, 0.3) is 11.0 Å². The number of anilines is 1. The largest absolute Gasteiger partial charge is 0.465 e. The zero-order chi connectivity index (χ0) is 16.4. The summed E-state index contributed by atoms with van der Waals surface area (Å²) in [5, 5.41) is 3.55. The molecule has 5 heteroatoms. The summed E-state index contributed by atoms with van der Waals surface area (Å²) in [7, 11) is 1.31. The second-order valence-corrected chi connectivity index (χ2v) is 5.06. The lowest BCUT2D eigenvalue weighted by Gasteiger charge is -2.06. The van der Waals surface area contributed by atoms with Crippen molar-refractivity contribution in [3.8, 4) is 0 Å². The van der Waals surface area contributed by atoms with Crippen LogP contribution in [-0.2, 0) is 4.74 Å². The zero-order valence-electron chi connectivity index (χ0n) is 12.8. The van der Waals surface area contributed by atoms with Gasteiger partial charge in [0.1, 0.15) is 11.3 Å². The van der Waals surface area contributed by atoms with Crippen molar-refractivity contribution in [3.05, 3.63) is 65.4 Å². The fourth-order valence-corrected chi connectivity index (χ4v) is 2.49. The summed E-state index contributed by atoms with van der Waals surface area (Å²) < 4.78 is 10.3. The highest BCUT2D eigenvalue weighted by atomic mass is 16.5. The molecule has 0 fully saturated rings. The second-order valence-electron chi connectivity index (χ2n) is 5.06. The maximum absolute atomic E-state index is 12.6. The van der Waals surface area contributed by atoms with Crippen LogP contribution in [-0.4, -0.2) is 19.0 Å². The summed E-state index contributed by atoms with van der Waals surface area (Å²) in [6.45, 7) is 1.75. The quantitative estimate of drug-likeness (QED) is 0.748. The Morgan fingerprint density at radius 3 is 2.65 bits per heavy atom. The molecule has 0 aliphatic carbocycles. The van der Waals surface area contributed by atoms with Gasteiger partial charge in [-0.2, -0.15) is 0 Å². The van der Waals surface area contributed by atoms with Crippen LogP contribution in [0.15, 0.2) is 52.9 Å². The van der Waals surface area contributed by atoms with Crippen LogP contribution in [0.4, 0.5) is 5.69 Å². The number of nitrogens with one attached hydrogen (secondary N) is 1. The lowest BCUT2D eigenvalue weighted by molar-refractivity contribution is 0.0600. The molecule has 1 heterocycles. The normalized spacial score (nSPS) is 10.5. The topological polar surface area (TPSA) is 68.5 Å². The molecule has 3 aromatic rings. The number of furan rings is 1. The van der Waals surface area contributed by atoms with Crippen molar-refractivity contribution >= 4 is 28.5 Å². The van der Waals surface area contributed by atoms with Gasteiger partial charge in [0.15, 0.2) is 0 Å². The molecule has 0 unspecified atom stereocenters. The first-order chi connectivity index (χ1) is 11.1. The molecule has 0 aliphatic heterocycles. The first kappa shape index (κ1) is 14.8. The van der Waals surface area contributed by atoms with Crippen molar-refractivity contribution in [2.24, 2.45) is 0 Å². The summed E-state index contributed by atoms with van der Waals surface area (Å²) in [6, 6.07) is 14.0. The van der Waals surface area contributed by atoms with Gasteiger partial charge >= 0.3 is 5.97 Å². The molecule has 0 radical (unpaired) electrons. The molecule has 0 atom stereocenters. The van der Waals surface area contributed by atoms with Gasteiger partial charge in [0.2, 0.25) is 0 Å². The summed E-state index contributed by atoms with van der Waals surface area (Å²) >= 11 is 0. The number of carbonyl (C=O) groups is 2. The van der Waals surface area contributed by atoms with Gasteiger partial charge in [-0.05, 0) is 31.2 Å². The van der Waals surface area contributed by atoms with E-state index in [1.807, 2.05) is 24.3 Å². The Kier molecular flexibility index (Phi) is 3.85. The van der Waals surface area contributed by atoms with Gasteiger partial charge in [-0.1, -0.05) is 24.3 Å². The van der Waals surface area contributed by atoms with E-state index in [0.717, 1.165) is 5.39 Å². The number of hydrogen-bond acceptors (Lipinski definition) is 4. The molecule has 5 nitrogen and oxygen atoms in total. The van der Waals surface area contributed by atoms with Gasteiger partial charge in [0, 0.05) is 11.1 Å². The maximum atomic E-state index is 12.6. The van der Waals surface area contributed by atoms with Crippen LogP contribution in [0.5, 0.6) is 0 Å². The molecule has 1 N–H and O–H groups in total. The number of methoxy groups -OCH3 is 1. The molecule has 23 heavy (non-hydrogen) atoms. The fraction of sp³-hybridized carbons (Fsp3) is 0.111. The number of carbonyl (C=O) groups excluding carboxylic acids is 2. The van der Waals surface area contributed by atoms with Crippen molar-refractivity contribution in [1.29, 1.82) is 0 Å². The van der Waals surface area contributed by atoms with Crippen molar-refractivity contribution in [1.82, 2.24) is 0 Å². The van der Waals surface area contributed by atoms with E-state index in [1.54, 1.807) is 31.2 Å². The fourth-order valence-electron chi connectivity index (χ4n) is 2.49. The number of hydrogen-bond donors (Lipinski definition) is 1. The number of benzene rings is 2. The van der Waals surface area contributed by atoms with E-state index in [2.05, 4.69) is 10.1 Å². The molecule has 0 saturated heterocycles. The first-order valence-corrected chi connectivity index (χ1v) is 7.08. The predicted octanol–water partition coefficient (Wildman–Crippen LogP) is 3.78. The average molecular weight is 309 g/mol. The third kappa shape index (κ3) is 2.81. The summed E-state index contributed by atoms with van der Waals surface area (Å²) in [5.41, 5.74) is 2.05. The number of esters is 1. The monoisotopic (exact) mass is 309 g/mol. The molecule has 1 aromatic heterocycles. The molecule has 3 rings (SSSR count). The third-order valence-corrected chi connectivity index (χ3v) is 3.54. The van der Waals surface area contributed by atoms with Crippen LogP contribution in [0.3, 0.4) is 0 Å². The standard InChI is InChI=1S/C18H15NO4/c1-11-16(14-8-3-4-9-15(14)23-11)17(20)19-13-7-5-6-12(10-13)18(21)22-2/h3-10H,1-2H3,(H,19,20). The SMILES string of the molecule is COC(=O)c1cccc(NC(=O)c2c(C)oc3ccccc23)c1. The van der Waals surface area contributed by atoms with Gasteiger partial charge in [0.25, 0.3) is 5.91 Å². The molecular formula is C18H15NO4. The van der Waals surface area contributed by atoms with Gasteiger partial charge in [-0.15, -0.1) is 0 Å². The Hall–Kier alpha value is -3.08. The van der Waals surface area contributed by atoms with Crippen LogP contribution < -0.4 is 5.32 Å². The third-order valence-electron chi connectivity index (χ3n) is 3.54. The molecule has 0 spiro atoms. The van der Waals surface area contributed by atoms with Crippen LogP contribution in [0, 0.1) is 6.92 Å². The Morgan fingerprint density at radius 2 is 1.87 bits per heavy atom. The maximum Gasteiger partial charge on any atom is 0.337 e. The van der Waals surface area contributed by atoms with E-state index in [1.165, 1.54) is 7.11 Å². The lowest BCUT2D eigenvalue weighted by Crippen LogP contribution is -2.13. The number of fused-ring (bicyclic) bond motifs is 1. The van der Waals surface area contributed by atoms with E-state index < -0.39 is 5.97 Å². The summed E-state index contributed by atoms with van der Waals surface area (Å²) in [6.07, 6.45) is 0.